The molecule has 3 N–H and O–H groups in total. The lowest BCUT2D eigenvalue weighted by atomic mass is 10.1. The van der Waals surface area contributed by atoms with Crippen LogP contribution >= 0.6 is 0 Å². The third-order valence-corrected chi connectivity index (χ3v) is 3.76. The normalized spacial score (nSPS) is 11.6. The van der Waals surface area contributed by atoms with E-state index in [1.54, 1.807) is 0 Å². The van der Waals surface area contributed by atoms with Crippen molar-refractivity contribution in [2.24, 2.45) is 0 Å². The first-order valence-electron chi connectivity index (χ1n) is 5.73. The molecule has 0 saturated carbocycles. The zero-order valence-corrected chi connectivity index (χ0v) is 10.7. The van der Waals surface area contributed by atoms with Crippen molar-refractivity contribution < 1.29 is 18.3 Å². The molecule has 0 aliphatic carbocycles. The average molecular weight is 275 g/mol. The van der Waals surface area contributed by atoms with Crippen molar-refractivity contribution in [1.29, 1.82) is 0 Å². The molecule has 8 heteroatoms. The number of rotatable bonds is 9. The van der Waals surface area contributed by atoms with E-state index < -0.39 is 16.0 Å². The molecule has 1 rings (SSSR count). The highest BCUT2D eigenvalue weighted by molar-refractivity contribution is 7.89. The van der Waals surface area contributed by atoms with Crippen molar-refractivity contribution in [1.82, 2.24) is 14.9 Å². The van der Waals surface area contributed by atoms with Gasteiger partial charge in [0.2, 0.25) is 0 Å². The summed E-state index contributed by atoms with van der Waals surface area (Å²) in [6.45, 7) is 0.342. The largest absolute Gasteiger partial charge is 0.481 e. The Morgan fingerprint density at radius 1 is 1.33 bits per heavy atom. The Morgan fingerprint density at radius 3 is 2.67 bits per heavy atom. The number of hydrogen-bond acceptors (Lipinski definition) is 4. The fourth-order valence-corrected chi connectivity index (χ4v) is 2.41. The number of nitrogens with one attached hydrogen (secondary N) is 2. The van der Waals surface area contributed by atoms with Crippen LogP contribution in [0.1, 0.15) is 32.1 Å². The van der Waals surface area contributed by atoms with Crippen LogP contribution in [0.5, 0.6) is 0 Å². The second-order valence-corrected chi connectivity index (χ2v) is 5.61. The lowest BCUT2D eigenvalue weighted by Gasteiger charge is -2.04. The maximum atomic E-state index is 11.6. The van der Waals surface area contributed by atoms with Crippen molar-refractivity contribution in [2.45, 2.75) is 37.1 Å². The van der Waals surface area contributed by atoms with Crippen LogP contribution in [0.4, 0.5) is 0 Å². The summed E-state index contributed by atoms with van der Waals surface area (Å²) in [5, 5.41) is 14.4. The molecule has 18 heavy (non-hydrogen) atoms. The first-order valence-corrected chi connectivity index (χ1v) is 7.21. The van der Waals surface area contributed by atoms with E-state index in [1.807, 2.05) is 0 Å². The third kappa shape index (κ3) is 5.28. The van der Waals surface area contributed by atoms with E-state index in [4.69, 9.17) is 5.11 Å². The van der Waals surface area contributed by atoms with Crippen LogP contribution in [0.25, 0.3) is 0 Å². The Kier molecular flexibility index (Phi) is 5.79. The van der Waals surface area contributed by atoms with Gasteiger partial charge >= 0.3 is 5.97 Å². The van der Waals surface area contributed by atoms with Gasteiger partial charge in [-0.3, -0.25) is 9.89 Å². The molecule has 7 nitrogen and oxygen atoms in total. The van der Waals surface area contributed by atoms with Gasteiger partial charge in [-0.25, -0.2) is 13.1 Å². The number of aliphatic carboxylic acids is 1. The van der Waals surface area contributed by atoms with Crippen LogP contribution < -0.4 is 4.72 Å². The van der Waals surface area contributed by atoms with Gasteiger partial charge in [0.05, 0.1) is 6.20 Å². The van der Waals surface area contributed by atoms with Crippen LogP contribution in [0.2, 0.25) is 0 Å². The maximum absolute atomic E-state index is 11.6. The Morgan fingerprint density at radius 2 is 2.06 bits per heavy atom. The van der Waals surface area contributed by atoms with E-state index in [1.165, 1.54) is 12.3 Å². The lowest BCUT2D eigenvalue weighted by Crippen LogP contribution is -2.25. The lowest BCUT2D eigenvalue weighted by molar-refractivity contribution is -0.137. The third-order valence-electron chi connectivity index (χ3n) is 2.37. The molecule has 0 aromatic carbocycles. The van der Waals surface area contributed by atoms with E-state index in [0.717, 1.165) is 12.8 Å². The molecule has 1 aromatic rings. The minimum absolute atomic E-state index is 0.0494. The van der Waals surface area contributed by atoms with E-state index in [-0.39, 0.29) is 11.4 Å². The van der Waals surface area contributed by atoms with Gasteiger partial charge in [-0.15, -0.1) is 0 Å². The van der Waals surface area contributed by atoms with Gasteiger partial charge in [-0.05, 0) is 18.9 Å². The predicted octanol–water partition coefficient (Wildman–Crippen LogP) is 0.723. The quantitative estimate of drug-likeness (QED) is 0.575. The van der Waals surface area contributed by atoms with Gasteiger partial charge in [0.15, 0.2) is 5.03 Å². The maximum Gasteiger partial charge on any atom is 0.303 e. The first kappa shape index (κ1) is 14.7. The highest BCUT2D eigenvalue weighted by Crippen LogP contribution is 2.05. The highest BCUT2D eigenvalue weighted by Gasteiger charge is 2.13. The Bertz CT molecular complexity index is 455. The number of unbranched alkanes of at least 4 members (excludes halogenated alkanes) is 3. The topological polar surface area (TPSA) is 112 Å². The summed E-state index contributed by atoms with van der Waals surface area (Å²) in [6, 6.07) is 1.38. The molecule has 0 saturated heterocycles. The number of nitrogens with zero attached hydrogens (tertiary/aromatic N) is 1. The number of H-pyrrole nitrogens is 1. The van der Waals surface area contributed by atoms with Crippen LogP contribution in [0, 0.1) is 0 Å². The molecular weight excluding hydrogens is 258 g/mol. The van der Waals surface area contributed by atoms with Gasteiger partial charge in [0, 0.05) is 13.0 Å². The van der Waals surface area contributed by atoms with Crippen molar-refractivity contribution in [2.75, 3.05) is 6.54 Å². The first-order chi connectivity index (χ1) is 8.52. The van der Waals surface area contributed by atoms with E-state index in [9.17, 15) is 13.2 Å². The molecule has 0 aliphatic rings. The van der Waals surface area contributed by atoms with E-state index in [0.29, 0.717) is 19.4 Å². The second-order valence-electron chi connectivity index (χ2n) is 3.88. The van der Waals surface area contributed by atoms with Crippen LogP contribution in [0.3, 0.4) is 0 Å². The van der Waals surface area contributed by atoms with Crippen molar-refractivity contribution in [3.8, 4) is 0 Å². The van der Waals surface area contributed by atoms with Crippen molar-refractivity contribution in [3.63, 3.8) is 0 Å². The molecular formula is C10H17N3O4S. The number of carboxylic acids is 1. The summed E-state index contributed by atoms with van der Waals surface area (Å²) in [4.78, 5) is 10.2. The summed E-state index contributed by atoms with van der Waals surface area (Å²) >= 11 is 0. The summed E-state index contributed by atoms with van der Waals surface area (Å²) in [7, 11) is -3.49. The molecule has 0 radical (unpaired) electrons. The van der Waals surface area contributed by atoms with Gasteiger partial charge in [0.25, 0.3) is 10.0 Å². The fraction of sp³-hybridized carbons (Fsp3) is 0.600. The number of carbonyl (C=O) groups is 1. The summed E-state index contributed by atoms with van der Waals surface area (Å²) in [6.07, 6.45) is 4.45. The Labute approximate surface area is 106 Å². The minimum Gasteiger partial charge on any atom is -0.481 e. The Balaban J connectivity index is 2.13. The van der Waals surface area contributed by atoms with Crippen molar-refractivity contribution in [3.05, 3.63) is 12.3 Å². The number of hydrogen-bond donors (Lipinski definition) is 3. The minimum atomic E-state index is -3.49. The molecule has 0 amide bonds. The monoisotopic (exact) mass is 275 g/mol. The molecule has 102 valence electrons. The van der Waals surface area contributed by atoms with E-state index >= 15 is 0 Å². The Hall–Kier alpha value is -1.41. The van der Waals surface area contributed by atoms with Gasteiger partial charge in [-0.2, -0.15) is 5.10 Å². The fourth-order valence-electron chi connectivity index (χ4n) is 1.43. The smallest absolute Gasteiger partial charge is 0.303 e. The number of carboxylic acid groups (broad SMARTS) is 1. The number of aromatic nitrogens is 2. The molecule has 0 atom stereocenters. The summed E-state index contributed by atoms with van der Waals surface area (Å²) in [5.41, 5.74) is 0. The second kappa shape index (κ2) is 7.12. The van der Waals surface area contributed by atoms with Crippen molar-refractivity contribution >= 4 is 16.0 Å². The molecule has 1 heterocycles. The highest BCUT2D eigenvalue weighted by atomic mass is 32.2. The molecule has 0 unspecified atom stereocenters. The van der Waals surface area contributed by atoms with Gasteiger partial charge in [0.1, 0.15) is 0 Å². The van der Waals surface area contributed by atoms with Crippen LogP contribution in [0.15, 0.2) is 17.3 Å². The number of sulfonamides is 1. The zero-order chi connectivity index (χ0) is 13.4. The van der Waals surface area contributed by atoms with E-state index in [2.05, 4.69) is 14.9 Å². The van der Waals surface area contributed by atoms with Crippen LogP contribution in [-0.4, -0.2) is 36.2 Å². The van der Waals surface area contributed by atoms with Gasteiger partial charge < -0.3 is 5.11 Å². The molecule has 0 bridgehead atoms. The van der Waals surface area contributed by atoms with Gasteiger partial charge in [-0.1, -0.05) is 12.8 Å². The summed E-state index contributed by atoms with van der Waals surface area (Å²) in [5.74, 6) is -0.796. The standard InChI is InChI=1S/C10H17N3O4S/c14-10(15)5-3-1-2-4-7-12-18(16,17)9-6-8-11-13-9/h6,8,12H,1-5,7H2,(H,11,13)(H,14,15). The molecule has 0 fully saturated rings. The molecule has 1 aromatic heterocycles. The summed E-state index contributed by atoms with van der Waals surface area (Å²) < 4.78 is 25.7. The molecule has 0 spiro atoms. The SMILES string of the molecule is O=C(O)CCCCCCNS(=O)(=O)c1ccn[nH]1. The predicted molar refractivity (Wildman–Crippen MR) is 64.5 cm³/mol. The van der Waals surface area contributed by atoms with Crippen LogP contribution in [-0.2, 0) is 14.8 Å². The molecule has 0 aliphatic heterocycles. The zero-order valence-electron chi connectivity index (χ0n) is 9.92. The number of aromatic amines is 1. The average Bonchev–Trinajstić information content (AvgIpc) is 2.81.